The molecule has 0 amide bonds. The van der Waals surface area contributed by atoms with Crippen LogP contribution >= 0.6 is 31.9 Å². The summed E-state index contributed by atoms with van der Waals surface area (Å²) in [6, 6.07) is 3.79. The fourth-order valence-electron chi connectivity index (χ4n) is 1.09. The fourth-order valence-corrected chi connectivity index (χ4v) is 2.12. The Morgan fingerprint density at radius 1 is 1.25 bits per heavy atom. The molecule has 0 aliphatic carbocycles. The lowest BCUT2D eigenvalue weighted by Crippen LogP contribution is -1.98. The lowest BCUT2D eigenvalue weighted by atomic mass is 10.1. The summed E-state index contributed by atoms with van der Waals surface area (Å²) >= 11 is 6.72. The second-order valence-corrected chi connectivity index (χ2v) is 4.29. The summed E-state index contributed by atoms with van der Waals surface area (Å²) in [5.41, 5.74) is 1.74. The van der Waals surface area contributed by atoms with Crippen molar-refractivity contribution in [3.63, 3.8) is 0 Å². The molecule has 0 aliphatic rings. The second-order valence-electron chi connectivity index (χ2n) is 2.59. The molecule has 64 valence electrons. The van der Waals surface area contributed by atoms with E-state index in [0.29, 0.717) is 0 Å². The van der Waals surface area contributed by atoms with Crippen molar-refractivity contribution < 1.29 is 4.79 Å². The third-order valence-corrected chi connectivity index (χ3v) is 3.22. The summed E-state index contributed by atoms with van der Waals surface area (Å²) in [4.78, 5) is 11.2. The van der Waals surface area contributed by atoms with Crippen molar-refractivity contribution in [1.82, 2.24) is 0 Å². The Bertz CT molecular complexity index is 332. The predicted octanol–water partition coefficient (Wildman–Crippen LogP) is 3.72. The minimum atomic E-state index is 0.0840. The van der Waals surface area contributed by atoms with Gasteiger partial charge >= 0.3 is 0 Å². The van der Waals surface area contributed by atoms with Gasteiger partial charge in [0.15, 0.2) is 5.78 Å². The molecule has 0 spiro atoms. The topological polar surface area (TPSA) is 17.1 Å². The first-order chi connectivity index (χ1) is 5.54. The van der Waals surface area contributed by atoms with Gasteiger partial charge in [-0.25, -0.2) is 0 Å². The predicted molar refractivity (Wildman–Crippen MR) is 56.6 cm³/mol. The van der Waals surface area contributed by atoms with Gasteiger partial charge in [0.05, 0.1) is 0 Å². The average Bonchev–Trinajstić information content (AvgIpc) is 1.97. The molecule has 0 radical (unpaired) electrons. The third kappa shape index (κ3) is 1.77. The molecule has 0 fully saturated rings. The molecular weight excluding hydrogens is 284 g/mol. The molecule has 0 saturated carbocycles. The van der Waals surface area contributed by atoms with Crippen LogP contribution in [0.25, 0.3) is 0 Å². The zero-order chi connectivity index (χ0) is 9.30. The van der Waals surface area contributed by atoms with E-state index in [4.69, 9.17) is 0 Å². The maximum absolute atomic E-state index is 11.2. The van der Waals surface area contributed by atoms with Gasteiger partial charge in [-0.2, -0.15) is 0 Å². The van der Waals surface area contributed by atoms with Gasteiger partial charge in [0.1, 0.15) is 0 Å². The van der Waals surface area contributed by atoms with Crippen LogP contribution in [0.15, 0.2) is 21.1 Å². The molecule has 1 aromatic rings. The van der Waals surface area contributed by atoms with Crippen LogP contribution in [-0.2, 0) is 0 Å². The van der Waals surface area contributed by atoms with Gasteiger partial charge < -0.3 is 0 Å². The van der Waals surface area contributed by atoms with Crippen molar-refractivity contribution in [1.29, 1.82) is 0 Å². The number of carbonyl (C=O) groups is 1. The summed E-state index contributed by atoms with van der Waals surface area (Å²) in [6.45, 7) is 3.49. The van der Waals surface area contributed by atoms with E-state index < -0.39 is 0 Å². The minimum Gasteiger partial charge on any atom is -0.294 e. The van der Waals surface area contributed by atoms with Crippen LogP contribution in [0.5, 0.6) is 0 Å². The maximum atomic E-state index is 11.2. The number of hydrogen-bond donors (Lipinski definition) is 0. The van der Waals surface area contributed by atoms with Gasteiger partial charge in [0, 0.05) is 14.5 Å². The van der Waals surface area contributed by atoms with Crippen molar-refractivity contribution in [3.05, 3.63) is 32.2 Å². The van der Waals surface area contributed by atoms with E-state index in [0.717, 1.165) is 20.1 Å². The van der Waals surface area contributed by atoms with Crippen LogP contribution in [0.1, 0.15) is 22.8 Å². The standard InChI is InChI=1S/C9H8Br2O/c1-5-7(10)3-4-8(11)9(5)6(2)12/h3-4H,1-2H3. The van der Waals surface area contributed by atoms with Gasteiger partial charge in [-0.1, -0.05) is 31.9 Å². The van der Waals surface area contributed by atoms with E-state index in [1.54, 1.807) is 6.92 Å². The number of ketones is 1. The molecule has 0 bridgehead atoms. The Kier molecular flexibility index (Phi) is 3.07. The van der Waals surface area contributed by atoms with Crippen LogP contribution in [0.3, 0.4) is 0 Å². The highest BCUT2D eigenvalue weighted by Crippen LogP contribution is 2.26. The zero-order valence-electron chi connectivity index (χ0n) is 6.82. The second kappa shape index (κ2) is 3.71. The molecule has 1 aromatic carbocycles. The zero-order valence-corrected chi connectivity index (χ0v) is 9.99. The SMILES string of the molecule is CC(=O)c1c(Br)ccc(Br)c1C. The Morgan fingerprint density at radius 2 is 1.75 bits per heavy atom. The first kappa shape index (κ1) is 9.93. The van der Waals surface area contributed by atoms with E-state index in [-0.39, 0.29) is 5.78 Å². The van der Waals surface area contributed by atoms with E-state index in [2.05, 4.69) is 31.9 Å². The Morgan fingerprint density at radius 3 is 2.17 bits per heavy atom. The van der Waals surface area contributed by atoms with Crippen molar-refractivity contribution >= 4 is 37.6 Å². The lowest BCUT2D eigenvalue weighted by molar-refractivity contribution is 0.101. The fraction of sp³-hybridized carbons (Fsp3) is 0.222. The van der Waals surface area contributed by atoms with Crippen molar-refractivity contribution in [3.8, 4) is 0 Å². The molecule has 12 heavy (non-hydrogen) atoms. The van der Waals surface area contributed by atoms with Crippen LogP contribution < -0.4 is 0 Å². The summed E-state index contributed by atoms with van der Waals surface area (Å²) in [6.07, 6.45) is 0. The first-order valence-corrected chi connectivity index (χ1v) is 5.08. The highest BCUT2D eigenvalue weighted by molar-refractivity contribution is 9.11. The smallest absolute Gasteiger partial charge is 0.161 e. The Labute approximate surface area is 88.4 Å². The molecule has 0 heterocycles. The van der Waals surface area contributed by atoms with Gasteiger partial charge in [-0.05, 0) is 31.5 Å². The van der Waals surface area contributed by atoms with Crippen LogP contribution in [0.2, 0.25) is 0 Å². The Balaban J connectivity index is 3.43. The number of benzene rings is 1. The molecular formula is C9H8Br2O. The molecule has 0 N–H and O–H groups in total. The van der Waals surface area contributed by atoms with Crippen molar-refractivity contribution in [2.75, 3.05) is 0 Å². The largest absolute Gasteiger partial charge is 0.294 e. The van der Waals surface area contributed by atoms with Gasteiger partial charge in [0.25, 0.3) is 0 Å². The van der Waals surface area contributed by atoms with Crippen molar-refractivity contribution in [2.45, 2.75) is 13.8 Å². The molecule has 1 nitrogen and oxygen atoms in total. The number of halogens is 2. The summed E-state index contributed by atoms with van der Waals surface area (Å²) in [7, 11) is 0. The van der Waals surface area contributed by atoms with E-state index in [9.17, 15) is 4.79 Å². The first-order valence-electron chi connectivity index (χ1n) is 3.49. The third-order valence-electron chi connectivity index (χ3n) is 1.70. The van der Waals surface area contributed by atoms with E-state index in [1.165, 1.54) is 0 Å². The molecule has 1 rings (SSSR count). The van der Waals surface area contributed by atoms with E-state index >= 15 is 0 Å². The lowest BCUT2D eigenvalue weighted by Gasteiger charge is -2.06. The number of Topliss-reactive ketones (excluding diaryl/α,β-unsaturated/α-hetero) is 1. The highest BCUT2D eigenvalue weighted by Gasteiger charge is 2.10. The average molecular weight is 292 g/mol. The monoisotopic (exact) mass is 290 g/mol. The molecule has 0 unspecified atom stereocenters. The Hall–Kier alpha value is -0.150. The van der Waals surface area contributed by atoms with Crippen molar-refractivity contribution in [2.24, 2.45) is 0 Å². The molecule has 0 atom stereocenters. The van der Waals surface area contributed by atoms with Crippen LogP contribution in [0, 0.1) is 6.92 Å². The quantitative estimate of drug-likeness (QED) is 0.721. The highest BCUT2D eigenvalue weighted by atomic mass is 79.9. The number of hydrogen-bond acceptors (Lipinski definition) is 1. The minimum absolute atomic E-state index is 0.0840. The van der Waals surface area contributed by atoms with Crippen LogP contribution in [0.4, 0.5) is 0 Å². The van der Waals surface area contributed by atoms with Gasteiger partial charge in [0.2, 0.25) is 0 Å². The molecule has 0 aliphatic heterocycles. The molecule has 0 saturated heterocycles. The molecule has 0 aromatic heterocycles. The summed E-state index contributed by atoms with van der Waals surface area (Å²) in [5, 5.41) is 0. The van der Waals surface area contributed by atoms with E-state index in [1.807, 2.05) is 19.1 Å². The summed E-state index contributed by atoms with van der Waals surface area (Å²) in [5.74, 6) is 0.0840. The normalized spacial score (nSPS) is 10.0. The van der Waals surface area contributed by atoms with Crippen LogP contribution in [-0.4, -0.2) is 5.78 Å². The maximum Gasteiger partial charge on any atom is 0.161 e. The molecule has 3 heteroatoms. The summed E-state index contributed by atoms with van der Waals surface area (Å²) < 4.78 is 1.83. The number of rotatable bonds is 1. The van der Waals surface area contributed by atoms with Gasteiger partial charge in [-0.3, -0.25) is 4.79 Å². The van der Waals surface area contributed by atoms with Gasteiger partial charge in [-0.15, -0.1) is 0 Å². The number of carbonyl (C=O) groups excluding carboxylic acids is 1.